The molecule has 2 rings (SSSR count). The van der Waals surface area contributed by atoms with Gasteiger partial charge in [-0.25, -0.2) is 0 Å². The van der Waals surface area contributed by atoms with Crippen molar-refractivity contribution in [2.45, 2.75) is 50.6 Å². The maximum absolute atomic E-state index is 6.59. The molecule has 1 aromatic rings. The minimum absolute atomic E-state index is 0.155. The standard InChI is InChI=1S/C16H27N3/c1-13-6-8-16(9-7-13,19(2)3)15(17)11-14-5-4-10-18-12-14/h4-5,10,12-13,15H,6-9,11,17H2,1-3H3. The molecule has 1 aliphatic carbocycles. The van der Waals surface area contributed by atoms with Crippen molar-refractivity contribution >= 4 is 0 Å². The summed E-state index contributed by atoms with van der Waals surface area (Å²) in [6.07, 6.45) is 9.68. The van der Waals surface area contributed by atoms with E-state index in [0.717, 1.165) is 12.3 Å². The van der Waals surface area contributed by atoms with Crippen LogP contribution < -0.4 is 5.73 Å². The first-order valence-corrected chi connectivity index (χ1v) is 7.36. The van der Waals surface area contributed by atoms with Crippen LogP contribution >= 0.6 is 0 Å². The van der Waals surface area contributed by atoms with Crippen molar-refractivity contribution in [3.8, 4) is 0 Å². The van der Waals surface area contributed by atoms with Gasteiger partial charge >= 0.3 is 0 Å². The minimum atomic E-state index is 0.155. The zero-order chi connectivity index (χ0) is 13.9. The van der Waals surface area contributed by atoms with Crippen molar-refractivity contribution in [3.63, 3.8) is 0 Å². The van der Waals surface area contributed by atoms with Crippen molar-refractivity contribution in [1.29, 1.82) is 0 Å². The number of aromatic nitrogens is 1. The smallest absolute Gasteiger partial charge is 0.0357 e. The third-order valence-electron chi connectivity index (χ3n) is 4.90. The second-order valence-electron chi connectivity index (χ2n) is 6.35. The second-order valence-corrected chi connectivity index (χ2v) is 6.35. The molecule has 0 aliphatic heterocycles. The van der Waals surface area contributed by atoms with E-state index < -0.39 is 0 Å². The number of rotatable bonds is 4. The lowest BCUT2D eigenvalue weighted by Crippen LogP contribution is -2.59. The zero-order valence-electron chi connectivity index (χ0n) is 12.5. The first-order valence-electron chi connectivity index (χ1n) is 7.36. The van der Waals surface area contributed by atoms with E-state index >= 15 is 0 Å². The van der Waals surface area contributed by atoms with Crippen LogP contribution in [0.2, 0.25) is 0 Å². The van der Waals surface area contributed by atoms with Gasteiger partial charge in [0.1, 0.15) is 0 Å². The van der Waals surface area contributed by atoms with Gasteiger partial charge in [0.15, 0.2) is 0 Å². The summed E-state index contributed by atoms with van der Waals surface area (Å²) in [6.45, 7) is 2.35. The molecule has 0 radical (unpaired) electrons. The monoisotopic (exact) mass is 261 g/mol. The quantitative estimate of drug-likeness (QED) is 0.905. The fraction of sp³-hybridized carbons (Fsp3) is 0.688. The molecule has 1 unspecified atom stereocenters. The Morgan fingerprint density at radius 2 is 2.11 bits per heavy atom. The fourth-order valence-corrected chi connectivity index (χ4v) is 3.37. The van der Waals surface area contributed by atoms with Crippen LogP contribution in [0.3, 0.4) is 0 Å². The minimum Gasteiger partial charge on any atom is -0.326 e. The van der Waals surface area contributed by atoms with Gasteiger partial charge in [-0.05, 0) is 63.7 Å². The van der Waals surface area contributed by atoms with Crippen molar-refractivity contribution in [2.24, 2.45) is 11.7 Å². The molecule has 1 fully saturated rings. The number of hydrogen-bond acceptors (Lipinski definition) is 3. The zero-order valence-corrected chi connectivity index (χ0v) is 12.5. The van der Waals surface area contributed by atoms with Gasteiger partial charge in [0.25, 0.3) is 0 Å². The Balaban J connectivity index is 2.11. The molecule has 1 heterocycles. The molecule has 1 aliphatic rings. The summed E-state index contributed by atoms with van der Waals surface area (Å²) < 4.78 is 0. The highest BCUT2D eigenvalue weighted by Gasteiger charge is 2.41. The molecule has 0 amide bonds. The summed E-state index contributed by atoms with van der Waals surface area (Å²) in [4.78, 5) is 6.55. The first kappa shape index (κ1) is 14.5. The van der Waals surface area contributed by atoms with Crippen LogP contribution in [-0.4, -0.2) is 35.6 Å². The largest absolute Gasteiger partial charge is 0.326 e. The molecule has 1 saturated carbocycles. The predicted octanol–water partition coefficient (Wildman–Crippen LogP) is 2.46. The topological polar surface area (TPSA) is 42.1 Å². The van der Waals surface area contributed by atoms with E-state index in [1.807, 2.05) is 18.5 Å². The summed E-state index contributed by atoms with van der Waals surface area (Å²) in [7, 11) is 4.36. The Morgan fingerprint density at radius 3 is 2.63 bits per heavy atom. The Kier molecular flexibility index (Phi) is 4.58. The van der Waals surface area contributed by atoms with Gasteiger partial charge in [0, 0.05) is 24.0 Å². The van der Waals surface area contributed by atoms with Crippen molar-refractivity contribution in [1.82, 2.24) is 9.88 Å². The fourth-order valence-electron chi connectivity index (χ4n) is 3.37. The number of nitrogens with zero attached hydrogens (tertiary/aromatic N) is 2. The van der Waals surface area contributed by atoms with Gasteiger partial charge in [-0.1, -0.05) is 13.0 Å². The van der Waals surface area contributed by atoms with Gasteiger partial charge in [-0.3, -0.25) is 4.98 Å². The Labute approximate surface area is 117 Å². The van der Waals surface area contributed by atoms with Crippen LogP contribution in [0, 0.1) is 5.92 Å². The lowest BCUT2D eigenvalue weighted by atomic mass is 9.71. The highest BCUT2D eigenvalue weighted by atomic mass is 15.2. The molecule has 1 atom stereocenters. The molecule has 3 heteroatoms. The molecule has 19 heavy (non-hydrogen) atoms. The van der Waals surface area contributed by atoms with Crippen LogP contribution in [0.15, 0.2) is 24.5 Å². The molecular weight excluding hydrogens is 234 g/mol. The number of likely N-dealkylation sites (N-methyl/N-ethyl adjacent to an activating group) is 1. The second kappa shape index (κ2) is 6.02. The van der Waals surface area contributed by atoms with E-state index in [1.54, 1.807) is 0 Å². The molecule has 0 bridgehead atoms. The van der Waals surface area contributed by atoms with Gasteiger partial charge in [0.2, 0.25) is 0 Å². The van der Waals surface area contributed by atoms with E-state index in [9.17, 15) is 0 Å². The van der Waals surface area contributed by atoms with Crippen molar-refractivity contribution in [2.75, 3.05) is 14.1 Å². The van der Waals surface area contributed by atoms with Crippen LogP contribution in [0.4, 0.5) is 0 Å². The summed E-state index contributed by atoms with van der Waals surface area (Å²) in [5, 5.41) is 0. The highest BCUT2D eigenvalue weighted by Crippen LogP contribution is 2.37. The van der Waals surface area contributed by atoms with Crippen LogP contribution in [-0.2, 0) is 6.42 Å². The van der Waals surface area contributed by atoms with E-state index in [-0.39, 0.29) is 11.6 Å². The van der Waals surface area contributed by atoms with Gasteiger partial charge in [-0.15, -0.1) is 0 Å². The molecule has 2 N–H and O–H groups in total. The van der Waals surface area contributed by atoms with E-state index in [0.29, 0.717) is 0 Å². The molecule has 3 nitrogen and oxygen atoms in total. The lowest BCUT2D eigenvalue weighted by molar-refractivity contribution is 0.0568. The third-order valence-corrected chi connectivity index (χ3v) is 4.90. The molecule has 1 aromatic heterocycles. The number of pyridine rings is 1. The summed E-state index contributed by atoms with van der Waals surface area (Å²) >= 11 is 0. The highest BCUT2D eigenvalue weighted by molar-refractivity contribution is 5.13. The maximum Gasteiger partial charge on any atom is 0.0357 e. The lowest BCUT2D eigenvalue weighted by Gasteiger charge is -2.48. The molecule has 0 aromatic carbocycles. The summed E-state index contributed by atoms with van der Waals surface area (Å²) in [5.74, 6) is 0.846. The van der Waals surface area contributed by atoms with E-state index in [4.69, 9.17) is 5.73 Å². The van der Waals surface area contributed by atoms with E-state index in [1.165, 1.54) is 31.2 Å². The first-order chi connectivity index (χ1) is 9.04. The van der Waals surface area contributed by atoms with Crippen molar-refractivity contribution < 1.29 is 0 Å². The Bertz CT molecular complexity index is 380. The average molecular weight is 261 g/mol. The normalized spacial score (nSPS) is 29.4. The summed E-state index contributed by atoms with van der Waals surface area (Å²) in [5.41, 5.74) is 7.99. The van der Waals surface area contributed by atoms with Gasteiger partial charge in [-0.2, -0.15) is 0 Å². The summed E-state index contributed by atoms with van der Waals surface area (Å²) in [6, 6.07) is 4.30. The number of hydrogen-bond donors (Lipinski definition) is 1. The van der Waals surface area contributed by atoms with Crippen LogP contribution in [0.25, 0.3) is 0 Å². The molecule has 106 valence electrons. The SMILES string of the molecule is CC1CCC(C(N)Cc2cccnc2)(N(C)C)CC1. The number of nitrogens with two attached hydrogens (primary N) is 1. The molecule has 0 saturated heterocycles. The average Bonchev–Trinajstić information content (AvgIpc) is 2.40. The van der Waals surface area contributed by atoms with Crippen LogP contribution in [0.1, 0.15) is 38.2 Å². The van der Waals surface area contributed by atoms with E-state index in [2.05, 4.69) is 37.0 Å². The predicted molar refractivity (Wildman–Crippen MR) is 80.0 cm³/mol. The molecule has 0 spiro atoms. The molecular formula is C16H27N3. The Morgan fingerprint density at radius 1 is 1.42 bits per heavy atom. The maximum atomic E-state index is 6.59. The van der Waals surface area contributed by atoms with Gasteiger partial charge < -0.3 is 10.6 Å². The van der Waals surface area contributed by atoms with Crippen molar-refractivity contribution in [3.05, 3.63) is 30.1 Å². The Hall–Kier alpha value is -0.930. The van der Waals surface area contributed by atoms with Crippen LogP contribution in [0.5, 0.6) is 0 Å². The third kappa shape index (κ3) is 3.15. The van der Waals surface area contributed by atoms with Gasteiger partial charge in [0.05, 0.1) is 0 Å².